The number of fused-ring (bicyclic) bond motifs is 2. The molecule has 1 amide bonds. The first-order valence-electron chi connectivity index (χ1n) is 10.8. The number of para-hydroxylation sites is 2. The maximum absolute atomic E-state index is 14.1. The van der Waals surface area contributed by atoms with Crippen LogP contribution in [-0.2, 0) is 19.3 Å². The van der Waals surface area contributed by atoms with Crippen molar-refractivity contribution in [2.45, 2.75) is 19.3 Å². The molecule has 5 aromatic rings. The fraction of sp³-hybridized carbons (Fsp3) is 0.111. The Hall–Kier alpha value is -3.65. The van der Waals surface area contributed by atoms with Gasteiger partial charge in [0, 0.05) is 21.8 Å². The van der Waals surface area contributed by atoms with Crippen molar-refractivity contribution in [2.24, 2.45) is 0 Å². The highest BCUT2D eigenvalue weighted by atomic mass is 79.9. The fourth-order valence-corrected chi connectivity index (χ4v) is 4.31. The van der Waals surface area contributed by atoms with E-state index in [-0.39, 0.29) is 24.8 Å². The summed E-state index contributed by atoms with van der Waals surface area (Å²) in [4.78, 5) is 20.2. The Morgan fingerprint density at radius 1 is 0.829 bits per heavy atom. The average molecular weight is 539 g/mol. The molecule has 0 unspecified atom stereocenters. The van der Waals surface area contributed by atoms with Gasteiger partial charge in [-0.15, -0.1) is 0 Å². The lowest BCUT2D eigenvalue weighted by molar-refractivity contribution is -0.153. The summed E-state index contributed by atoms with van der Waals surface area (Å²) in [6, 6.07) is 24.2. The van der Waals surface area contributed by atoms with Crippen LogP contribution in [0.15, 0.2) is 93.8 Å². The first-order chi connectivity index (χ1) is 16.8. The first-order valence-corrected chi connectivity index (χ1v) is 11.6. The number of benzene rings is 3. The number of rotatable bonds is 5. The molecule has 0 radical (unpaired) electrons. The summed E-state index contributed by atoms with van der Waals surface area (Å²) in [5.74, 6) is -1.37. The Morgan fingerprint density at radius 3 is 2.00 bits per heavy atom. The Morgan fingerprint density at radius 2 is 1.43 bits per heavy atom. The van der Waals surface area contributed by atoms with Crippen molar-refractivity contribution in [2.75, 3.05) is 0 Å². The molecule has 2 heterocycles. The van der Waals surface area contributed by atoms with Crippen molar-refractivity contribution in [3.8, 4) is 0 Å². The van der Waals surface area contributed by atoms with Crippen LogP contribution in [0, 0.1) is 0 Å². The molecule has 0 aliphatic rings. The van der Waals surface area contributed by atoms with Crippen LogP contribution in [-0.4, -0.2) is 15.8 Å². The average Bonchev–Trinajstić information content (AvgIpc) is 3.32. The van der Waals surface area contributed by atoms with E-state index in [1.807, 2.05) is 72.8 Å². The van der Waals surface area contributed by atoms with Crippen LogP contribution in [0.1, 0.15) is 27.4 Å². The number of halogens is 4. The van der Waals surface area contributed by atoms with Gasteiger partial charge in [-0.3, -0.25) is 4.79 Å². The number of pyridine rings is 1. The Labute approximate surface area is 207 Å². The number of furan rings is 1. The van der Waals surface area contributed by atoms with Crippen molar-refractivity contribution in [3.63, 3.8) is 0 Å². The molecule has 3 aromatic carbocycles. The van der Waals surface area contributed by atoms with E-state index in [0.29, 0.717) is 27.4 Å². The maximum Gasteiger partial charge on any atom is 0.449 e. The predicted octanol–water partition coefficient (Wildman–Crippen LogP) is 7.60. The van der Waals surface area contributed by atoms with Gasteiger partial charge in [0.15, 0.2) is 0 Å². The second-order valence-electron chi connectivity index (χ2n) is 8.07. The smallest absolute Gasteiger partial charge is 0.449 e. The zero-order chi connectivity index (χ0) is 24.6. The zero-order valence-electron chi connectivity index (χ0n) is 18.2. The third-order valence-corrected chi connectivity index (χ3v) is 6.19. The highest BCUT2D eigenvalue weighted by Gasteiger charge is 2.35. The molecular weight excluding hydrogens is 521 g/mol. The van der Waals surface area contributed by atoms with E-state index in [4.69, 9.17) is 4.42 Å². The van der Waals surface area contributed by atoms with Crippen molar-refractivity contribution in [1.29, 1.82) is 0 Å². The molecule has 0 spiro atoms. The van der Waals surface area contributed by atoms with E-state index in [1.54, 1.807) is 0 Å². The second-order valence-corrected chi connectivity index (χ2v) is 8.99. The second kappa shape index (κ2) is 9.19. The van der Waals surface area contributed by atoms with E-state index in [9.17, 15) is 18.0 Å². The molecular formula is C27H18BrF3N2O2. The van der Waals surface area contributed by atoms with E-state index < -0.39 is 11.9 Å². The lowest BCUT2D eigenvalue weighted by Crippen LogP contribution is -2.30. The van der Waals surface area contributed by atoms with Gasteiger partial charge in [-0.1, -0.05) is 64.5 Å². The quantitative estimate of drug-likeness (QED) is 0.216. The van der Waals surface area contributed by atoms with Gasteiger partial charge in [-0.25, -0.2) is 4.98 Å². The summed E-state index contributed by atoms with van der Waals surface area (Å²) < 4.78 is 45.3. The minimum Gasteiger partial charge on any atom is -0.455 e. The van der Waals surface area contributed by atoms with Gasteiger partial charge in [0.05, 0.1) is 23.1 Å². The maximum atomic E-state index is 14.1. The number of hydrogen-bond donors (Lipinski definition) is 0. The summed E-state index contributed by atoms with van der Waals surface area (Å²) >= 11 is 3.40. The summed E-state index contributed by atoms with van der Waals surface area (Å²) in [6.07, 6.45) is -4.60. The number of hydrogen-bond acceptors (Lipinski definition) is 3. The van der Waals surface area contributed by atoms with Crippen molar-refractivity contribution < 1.29 is 22.4 Å². The topological polar surface area (TPSA) is 46.3 Å². The van der Waals surface area contributed by atoms with Gasteiger partial charge in [0.2, 0.25) is 5.76 Å². The number of nitrogens with zero attached hydrogens (tertiary/aromatic N) is 2. The van der Waals surface area contributed by atoms with E-state index in [2.05, 4.69) is 20.9 Å². The van der Waals surface area contributed by atoms with Crippen LogP contribution in [0.5, 0.6) is 0 Å². The molecule has 5 rings (SSSR count). The van der Waals surface area contributed by atoms with Crippen molar-refractivity contribution in [3.05, 3.63) is 112 Å². The summed E-state index contributed by atoms with van der Waals surface area (Å²) in [5, 5.41) is 1.35. The standard InChI is InChI=1S/C27H18BrF3N2O2/c28-18-11-9-17(10-12-18)15-33(16-19-13-14-24(35-19)27(29,30)31)26(34)25-20-5-1-3-7-22(20)32-23-8-4-2-6-21(23)25/h1-14H,15-16H2. The molecule has 176 valence electrons. The van der Waals surface area contributed by atoms with Crippen LogP contribution in [0.4, 0.5) is 13.2 Å². The monoisotopic (exact) mass is 538 g/mol. The van der Waals surface area contributed by atoms with Crippen LogP contribution >= 0.6 is 15.9 Å². The Balaban J connectivity index is 1.61. The summed E-state index contributed by atoms with van der Waals surface area (Å²) in [7, 11) is 0. The van der Waals surface area contributed by atoms with Gasteiger partial charge < -0.3 is 9.32 Å². The van der Waals surface area contributed by atoms with Gasteiger partial charge >= 0.3 is 6.18 Å². The zero-order valence-corrected chi connectivity index (χ0v) is 19.8. The fourth-order valence-electron chi connectivity index (χ4n) is 4.04. The summed E-state index contributed by atoms with van der Waals surface area (Å²) in [5.41, 5.74) is 2.60. The molecule has 0 bridgehead atoms. The van der Waals surface area contributed by atoms with Crippen LogP contribution in [0.2, 0.25) is 0 Å². The molecule has 2 aromatic heterocycles. The first kappa shape index (κ1) is 23.1. The molecule has 0 fully saturated rings. The molecule has 35 heavy (non-hydrogen) atoms. The normalized spacial score (nSPS) is 11.8. The highest BCUT2D eigenvalue weighted by Crippen LogP contribution is 2.32. The Kier molecular flexibility index (Phi) is 6.06. The molecule has 8 heteroatoms. The molecule has 0 atom stereocenters. The molecule has 4 nitrogen and oxygen atoms in total. The predicted molar refractivity (Wildman–Crippen MR) is 131 cm³/mol. The van der Waals surface area contributed by atoms with Crippen LogP contribution in [0.3, 0.4) is 0 Å². The van der Waals surface area contributed by atoms with Gasteiger partial charge in [-0.05, 0) is 42.0 Å². The lowest BCUT2D eigenvalue weighted by atomic mass is 10.0. The minimum atomic E-state index is -4.60. The molecule has 0 aliphatic heterocycles. The van der Waals surface area contributed by atoms with Gasteiger partial charge in [0.1, 0.15) is 5.76 Å². The van der Waals surface area contributed by atoms with E-state index in [1.165, 1.54) is 11.0 Å². The number of carbonyl (C=O) groups is 1. The number of carbonyl (C=O) groups excluding carboxylic acids is 1. The van der Waals surface area contributed by atoms with Crippen LogP contribution < -0.4 is 0 Å². The molecule has 0 saturated heterocycles. The largest absolute Gasteiger partial charge is 0.455 e. The molecule has 0 saturated carbocycles. The minimum absolute atomic E-state index is 0.0467. The third kappa shape index (κ3) is 4.79. The number of amides is 1. The lowest BCUT2D eigenvalue weighted by Gasteiger charge is -2.24. The van der Waals surface area contributed by atoms with E-state index >= 15 is 0 Å². The number of alkyl halides is 3. The SMILES string of the molecule is O=C(c1c2ccccc2nc2ccccc12)N(Cc1ccc(Br)cc1)Cc1ccc(C(F)(F)F)o1. The van der Waals surface area contributed by atoms with Gasteiger partial charge in [-0.2, -0.15) is 13.2 Å². The van der Waals surface area contributed by atoms with E-state index in [0.717, 1.165) is 16.1 Å². The summed E-state index contributed by atoms with van der Waals surface area (Å²) in [6.45, 7) is 0.0507. The molecule has 0 aliphatic carbocycles. The van der Waals surface area contributed by atoms with Crippen molar-refractivity contribution >= 4 is 43.6 Å². The highest BCUT2D eigenvalue weighted by molar-refractivity contribution is 9.10. The van der Waals surface area contributed by atoms with Crippen LogP contribution in [0.25, 0.3) is 21.8 Å². The Bertz CT molecular complexity index is 1470. The number of aromatic nitrogens is 1. The molecule has 0 N–H and O–H groups in total. The van der Waals surface area contributed by atoms with Crippen molar-refractivity contribution in [1.82, 2.24) is 9.88 Å². The van der Waals surface area contributed by atoms with Gasteiger partial charge in [0.25, 0.3) is 5.91 Å². The third-order valence-electron chi connectivity index (χ3n) is 5.66.